The molecule has 9 nitrogen and oxygen atoms in total. The number of hydrogen-bond donors (Lipinski definition) is 2. The van der Waals surface area contributed by atoms with Crippen LogP contribution in [0.3, 0.4) is 0 Å². The Balaban J connectivity index is 0.000000473. The van der Waals surface area contributed by atoms with Gasteiger partial charge in [0.25, 0.3) is 0 Å². The third kappa shape index (κ3) is 5.96. The number of alkyl halides is 3. The van der Waals surface area contributed by atoms with Gasteiger partial charge in [0.05, 0.1) is 5.54 Å². The van der Waals surface area contributed by atoms with Crippen LogP contribution in [0.1, 0.15) is 55.2 Å². The van der Waals surface area contributed by atoms with E-state index in [9.17, 15) is 18.4 Å². The van der Waals surface area contributed by atoms with Crippen LogP contribution >= 0.6 is 15.9 Å². The number of carboxylic acids is 1. The normalized spacial score (nSPS) is 22.9. The highest BCUT2D eigenvalue weighted by atomic mass is 79.9. The summed E-state index contributed by atoms with van der Waals surface area (Å²) in [5.74, 6) is -1.13. The Bertz CT molecular complexity index is 1730. The number of carbonyl (C=O) groups is 1. The lowest BCUT2D eigenvalue weighted by molar-refractivity contribution is -0.192. The lowest BCUT2D eigenvalue weighted by atomic mass is 9.93. The summed E-state index contributed by atoms with van der Waals surface area (Å²) in [6, 6.07) is 16.4. The number of nitrogens with one attached hydrogen (secondary N) is 1. The first-order valence-corrected chi connectivity index (χ1v) is 17.4. The number of nitrogens with zero attached hydrogens (tertiary/aromatic N) is 5. The number of carboxylic acid groups (broad SMARTS) is 1. The molecule has 5 aliphatic rings. The number of rotatable bonds is 5. The molecule has 1 aromatic heterocycles. The van der Waals surface area contributed by atoms with Crippen molar-refractivity contribution in [1.82, 2.24) is 15.2 Å². The number of benzene rings is 2. The molecule has 254 valence electrons. The van der Waals surface area contributed by atoms with Crippen molar-refractivity contribution in [3.63, 3.8) is 0 Å². The summed E-state index contributed by atoms with van der Waals surface area (Å²) in [5, 5.41) is 23.8. The summed E-state index contributed by atoms with van der Waals surface area (Å²) >= 11 is 3.82. The maximum absolute atomic E-state index is 10.6. The Morgan fingerprint density at radius 2 is 1.75 bits per heavy atom. The summed E-state index contributed by atoms with van der Waals surface area (Å²) in [4.78, 5) is 21.8. The van der Waals surface area contributed by atoms with Gasteiger partial charge in [-0.05, 0) is 75.6 Å². The second-order valence-electron chi connectivity index (χ2n) is 13.4. The van der Waals surface area contributed by atoms with E-state index >= 15 is 0 Å². The summed E-state index contributed by atoms with van der Waals surface area (Å²) < 4.78 is 39.5. The van der Waals surface area contributed by atoms with Crippen molar-refractivity contribution in [2.45, 2.75) is 75.3 Å². The van der Waals surface area contributed by atoms with Crippen LogP contribution in [0.15, 0.2) is 40.9 Å². The monoisotopic (exact) mass is 726 g/mol. The molecule has 2 bridgehead atoms. The molecule has 6 heterocycles. The first-order chi connectivity index (χ1) is 23.1. The molecule has 3 aromatic rings. The summed E-state index contributed by atoms with van der Waals surface area (Å²) in [5.41, 5.74) is 4.31. The fourth-order valence-electron chi connectivity index (χ4n) is 8.55. The van der Waals surface area contributed by atoms with E-state index in [1.54, 1.807) is 0 Å². The molecule has 4 saturated heterocycles. The van der Waals surface area contributed by atoms with Gasteiger partial charge in [-0.2, -0.15) is 23.4 Å². The number of aromatic nitrogens is 1. The van der Waals surface area contributed by atoms with Crippen LogP contribution in [0.4, 0.5) is 24.7 Å². The van der Waals surface area contributed by atoms with Crippen LogP contribution in [0.5, 0.6) is 5.88 Å². The molecule has 0 amide bonds. The SMILES string of the molecule is N#Cc1c(OCC23CCCN2CCC3)nc(N2[C@@H]3CC[C@H]2CNC3)c2c1CN(c1cccc3cccc(Br)c13)CC2.O=C(O)C(F)(F)F. The second-order valence-corrected chi connectivity index (χ2v) is 14.3. The minimum absolute atomic E-state index is 0.111. The van der Waals surface area contributed by atoms with E-state index in [1.165, 1.54) is 60.5 Å². The summed E-state index contributed by atoms with van der Waals surface area (Å²) in [7, 11) is 0. The van der Waals surface area contributed by atoms with Crippen LogP contribution in [0, 0.1) is 11.3 Å². The van der Waals surface area contributed by atoms with E-state index in [-0.39, 0.29) is 5.54 Å². The highest BCUT2D eigenvalue weighted by Crippen LogP contribution is 2.44. The van der Waals surface area contributed by atoms with Crippen LogP contribution in [-0.2, 0) is 17.8 Å². The summed E-state index contributed by atoms with van der Waals surface area (Å²) in [6.45, 7) is 6.53. The zero-order valence-electron chi connectivity index (χ0n) is 26.5. The Labute approximate surface area is 285 Å². The Kier molecular flexibility index (Phi) is 8.93. The van der Waals surface area contributed by atoms with Crippen molar-refractivity contribution in [1.29, 1.82) is 5.26 Å². The lowest BCUT2D eigenvalue weighted by Gasteiger charge is -2.40. The first-order valence-electron chi connectivity index (χ1n) is 16.6. The molecule has 0 unspecified atom stereocenters. The third-order valence-electron chi connectivity index (χ3n) is 10.8. The third-order valence-corrected chi connectivity index (χ3v) is 11.4. The average Bonchev–Trinajstić information content (AvgIpc) is 3.72. The van der Waals surface area contributed by atoms with Crippen molar-refractivity contribution in [3.8, 4) is 11.9 Å². The molecule has 48 heavy (non-hydrogen) atoms. The van der Waals surface area contributed by atoms with Crippen molar-refractivity contribution >= 4 is 44.2 Å². The number of ether oxygens (including phenoxy) is 1. The van der Waals surface area contributed by atoms with Gasteiger partial charge in [0, 0.05) is 64.9 Å². The van der Waals surface area contributed by atoms with E-state index in [1.807, 2.05) is 0 Å². The fourth-order valence-corrected chi connectivity index (χ4v) is 9.14. The number of aliphatic carboxylic acids is 1. The van der Waals surface area contributed by atoms with Crippen LogP contribution in [0.2, 0.25) is 0 Å². The minimum atomic E-state index is -5.08. The van der Waals surface area contributed by atoms with Crippen LogP contribution in [-0.4, -0.2) is 84.1 Å². The number of hydrogen-bond acceptors (Lipinski definition) is 8. The predicted octanol–water partition coefficient (Wildman–Crippen LogP) is 6.01. The molecule has 13 heteroatoms. The van der Waals surface area contributed by atoms with Gasteiger partial charge in [-0.1, -0.05) is 40.2 Å². The van der Waals surface area contributed by atoms with Gasteiger partial charge in [0.15, 0.2) is 0 Å². The van der Waals surface area contributed by atoms with Crippen molar-refractivity contribution in [2.24, 2.45) is 0 Å². The molecule has 2 aromatic carbocycles. The largest absolute Gasteiger partial charge is 0.490 e. The first kappa shape index (κ1) is 32.9. The smallest absolute Gasteiger partial charge is 0.475 e. The van der Waals surface area contributed by atoms with Crippen molar-refractivity contribution in [3.05, 3.63) is 57.6 Å². The molecule has 2 N–H and O–H groups in total. The molecule has 0 aliphatic carbocycles. The molecule has 0 spiro atoms. The lowest BCUT2D eigenvalue weighted by Crippen LogP contribution is -2.53. The summed E-state index contributed by atoms with van der Waals surface area (Å²) in [6.07, 6.45) is 3.00. The molecule has 5 aliphatic heterocycles. The quantitative estimate of drug-likeness (QED) is 0.327. The number of fused-ring (bicyclic) bond motifs is 5. The maximum atomic E-state index is 10.6. The van der Waals surface area contributed by atoms with Gasteiger partial charge in [-0.25, -0.2) is 4.79 Å². The zero-order chi connectivity index (χ0) is 33.6. The molecule has 2 atom stereocenters. The van der Waals surface area contributed by atoms with E-state index < -0.39 is 12.1 Å². The number of piperazine rings is 1. The van der Waals surface area contributed by atoms with E-state index in [2.05, 4.69) is 78.4 Å². The van der Waals surface area contributed by atoms with E-state index in [0.29, 0.717) is 36.7 Å². The standard InChI is InChI=1S/C33H37BrN6O.C2HF3O2/c34-28-7-1-5-22-6-2-8-29(30(22)28)38-16-11-25-27(20-38)26(17-35)32(41-21-33-12-3-14-39(33)15-4-13-33)37-31(25)40-23-9-10-24(40)19-36-18-23;3-2(4,5)1(6)7/h1-2,5-8,23-24,36H,3-4,9-16,18-21H2;(H,6,7)/t23-,24+;. The minimum Gasteiger partial charge on any atom is -0.475 e. The molecule has 8 rings (SSSR count). The maximum Gasteiger partial charge on any atom is 0.490 e. The predicted molar refractivity (Wildman–Crippen MR) is 179 cm³/mol. The second kappa shape index (κ2) is 13.0. The number of halogens is 4. The van der Waals surface area contributed by atoms with Gasteiger partial charge < -0.3 is 25.0 Å². The van der Waals surface area contributed by atoms with E-state index in [0.717, 1.165) is 55.0 Å². The van der Waals surface area contributed by atoms with Crippen LogP contribution < -0.4 is 19.9 Å². The Morgan fingerprint density at radius 1 is 1.08 bits per heavy atom. The highest BCUT2D eigenvalue weighted by Gasteiger charge is 2.46. The highest BCUT2D eigenvalue weighted by molar-refractivity contribution is 9.10. The Hall–Kier alpha value is -3.60. The topological polar surface area (TPSA) is 105 Å². The van der Waals surface area contributed by atoms with Gasteiger partial charge in [-0.15, -0.1) is 0 Å². The van der Waals surface area contributed by atoms with Crippen molar-refractivity contribution in [2.75, 3.05) is 49.1 Å². The zero-order valence-corrected chi connectivity index (χ0v) is 28.1. The average molecular weight is 728 g/mol. The number of nitriles is 1. The van der Waals surface area contributed by atoms with E-state index in [4.69, 9.17) is 19.6 Å². The Morgan fingerprint density at radius 3 is 2.40 bits per heavy atom. The number of pyridine rings is 1. The van der Waals surface area contributed by atoms with Crippen molar-refractivity contribution < 1.29 is 27.8 Å². The van der Waals surface area contributed by atoms with Crippen LogP contribution in [0.25, 0.3) is 10.8 Å². The molecule has 4 fully saturated rings. The molecular formula is C35H38BrF3N6O3. The number of anilines is 2. The van der Waals surface area contributed by atoms with Gasteiger partial charge in [0.2, 0.25) is 5.88 Å². The fraction of sp³-hybridized carbons (Fsp3) is 0.514. The van der Waals surface area contributed by atoms with Gasteiger partial charge >= 0.3 is 12.1 Å². The molecular weight excluding hydrogens is 689 g/mol. The van der Waals surface area contributed by atoms with Gasteiger partial charge in [0.1, 0.15) is 24.1 Å². The molecule has 0 saturated carbocycles. The van der Waals surface area contributed by atoms with Gasteiger partial charge in [-0.3, -0.25) is 4.90 Å². The molecule has 0 radical (unpaired) electrons.